The Hall–Kier alpha value is -3.86. The lowest BCUT2D eigenvalue weighted by molar-refractivity contribution is 0.293. The topological polar surface area (TPSA) is 73.1 Å². The standard InChI is InChI=1S/C35H44N4O/c1-10-20(3)15-22(5)26-16-23(6)31(24(7)17-26)28-13-12-14-29-33(28)38-35(39-34(29)36)37-27-18-25(8)32(21(4)11-2)30(19-27)40-9/h12-19,22,25H,10-11H2,1-9H3,(H3,36,37,38,39)/b20-15+,32-21-. The smallest absolute Gasteiger partial charge is 0.229 e. The molecular weight excluding hydrogens is 492 g/mol. The maximum Gasteiger partial charge on any atom is 0.229 e. The van der Waals surface area contributed by atoms with Crippen molar-refractivity contribution < 1.29 is 4.74 Å². The zero-order valence-electron chi connectivity index (χ0n) is 25.6. The number of nitrogens with zero attached hydrogens (tertiary/aromatic N) is 2. The molecule has 0 saturated heterocycles. The molecule has 40 heavy (non-hydrogen) atoms. The van der Waals surface area contributed by atoms with Crippen LogP contribution in [-0.2, 0) is 4.74 Å². The molecule has 0 spiro atoms. The number of ether oxygens (including phenoxy) is 1. The van der Waals surface area contributed by atoms with Crippen LogP contribution in [0, 0.1) is 19.8 Å². The predicted octanol–water partition coefficient (Wildman–Crippen LogP) is 9.16. The quantitative estimate of drug-likeness (QED) is 0.281. The van der Waals surface area contributed by atoms with Crippen LogP contribution in [-0.4, -0.2) is 17.1 Å². The molecule has 0 bridgehead atoms. The maximum absolute atomic E-state index is 6.50. The first-order valence-corrected chi connectivity index (χ1v) is 14.4. The van der Waals surface area contributed by atoms with Gasteiger partial charge in [-0.2, -0.15) is 4.98 Å². The molecule has 2 aromatic carbocycles. The van der Waals surface area contributed by atoms with E-state index in [9.17, 15) is 0 Å². The molecule has 3 N–H and O–H groups in total. The van der Waals surface area contributed by atoms with Crippen molar-refractivity contribution in [3.05, 3.63) is 93.4 Å². The third-order valence-electron chi connectivity index (χ3n) is 8.10. The van der Waals surface area contributed by atoms with E-state index < -0.39 is 0 Å². The Morgan fingerprint density at radius 1 is 1.10 bits per heavy atom. The van der Waals surface area contributed by atoms with Crippen molar-refractivity contribution in [3.8, 4) is 11.1 Å². The number of aromatic nitrogens is 2. The van der Waals surface area contributed by atoms with Crippen LogP contribution in [0.4, 0.5) is 11.8 Å². The minimum Gasteiger partial charge on any atom is -0.496 e. The highest BCUT2D eigenvalue weighted by Crippen LogP contribution is 2.37. The lowest BCUT2D eigenvalue weighted by Crippen LogP contribution is -2.14. The number of rotatable bonds is 8. The number of fused-ring (bicyclic) bond motifs is 1. The molecule has 0 amide bonds. The fourth-order valence-electron chi connectivity index (χ4n) is 5.77. The lowest BCUT2D eigenvalue weighted by atomic mass is 9.88. The Morgan fingerprint density at radius 2 is 1.80 bits per heavy atom. The molecule has 0 radical (unpaired) electrons. The number of benzene rings is 2. The molecule has 1 aliphatic carbocycles. The van der Waals surface area contributed by atoms with E-state index in [1.54, 1.807) is 7.11 Å². The van der Waals surface area contributed by atoms with Gasteiger partial charge in [-0.15, -0.1) is 0 Å². The highest BCUT2D eigenvalue weighted by molar-refractivity contribution is 6.00. The van der Waals surface area contributed by atoms with Crippen molar-refractivity contribution in [2.45, 2.75) is 74.1 Å². The molecule has 2 atom stereocenters. The third kappa shape index (κ3) is 5.84. The first-order valence-electron chi connectivity index (χ1n) is 14.4. The molecule has 4 rings (SSSR count). The van der Waals surface area contributed by atoms with Gasteiger partial charge in [-0.25, -0.2) is 4.98 Å². The second kappa shape index (κ2) is 12.1. The summed E-state index contributed by atoms with van der Waals surface area (Å²) in [4.78, 5) is 9.63. The summed E-state index contributed by atoms with van der Waals surface area (Å²) >= 11 is 0. The molecule has 1 heterocycles. The average molecular weight is 537 g/mol. The number of methoxy groups -OCH3 is 1. The summed E-state index contributed by atoms with van der Waals surface area (Å²) < 4.78 is 5.77. The fraction of sp³-hybridized carbons (Fsp3) is 0.371. The Morgan fingerprint density at radius 3 is 2.42 bits per heavy atom. The average Bonchev–Trinajstić information content (AvgIpc) is 2.92. The van der Waals surface area contributed by atoms with Gasteiger partial charge in [-0.05, 0) is 80.3 Å². The number of hydrogen-bond acceptors (Lipinski definition) is 5. The summed E-state index contributed by atoms with van der Waals surface area (Å²) in [6, 6.07) is 10.8. The molecule has 1 aliphatic rings. The van der Waals surface area contributed by atoms with Crippen LogP contribution >= 0.6 is 0 Å². The van der Waals surface area contributed by atoms with Crippen LogP contribution in [0.2, 0.25) is 0 Å². The van der Waals surface area contributed by atoms with Crippen molar-refractivity contribution >= 4 is 22.7 Å². The molecule has 2 unspecified atom stereocenters. The lowest BCUT2D eigenvalue weighted by Gasteiger charge is -2.24. The number of para-hydroxylation sites is 1. The van der Waals surface area contributed by atoms with Gasteiger partial charge >= 0.3 is 0 Å². The van der Waals surface area contributed by atoms with E-state index in [0.29, 0.717) is 17.7 Å². The summed E-state index contributed by atoms with van der Waals surface area (Å²) in [6.45, 7) is 17.6. The van der Waals surface area contributed by atoms with Crippen molar-refractivity contribution in [2.75, 3.05) is 18.2 Å². The van der Waals surface area contributed by atoms with Crippen LogP contribution in [0.5, 0.6) is 0 Å². The molecule has 1 aromatic heterocycles. The van der Waals surface area contributed by atoms with Gasteiger partial charge in [0.25, 0.3) is 0 Å². The van der Waals surface area contributed by atoms with Gasteiger partial charge in [0.05, 0.1) is 12.6 Å². The Labute approximate surface area is 240 Å². The van der Waals surface area contributed by atoms with E-state index in [1.165, 1.54) is 39.0 Å². The highest BCUT2D eigenvalue weighted by atomic mass is 16.5. The Balaban J connectivity index is 1.78. The van der Waals surface area contributed by atoms with Gasteiger partial charge in [-0.3, -0.25) is 0 Å². The normalized spacial score (nSPS) is 17.8. The number of nitrogens with one attached hydrogen (secondary N) is 1. The summed E-state index contributed by atoms with van der Waals surface area (Å²) in [5.41, 5.74) is 18.3. The molecule has 5 nitrogen and oxygen atoms in total. The Kier molecular flexibility index (Phi) is 8.82. The number of hydrogen-bond donors (Lipinski definition) is 2. The SMILES string of the molecule is CC/C(C)=C1\C(OC)=CC(Nc2nc(N)c3cccc(-c4c(C)cc(C(C)/C=C(\C)CC)cc4C)c3n2)=CC1C. The highest BCUT2D eigenvalue weighted by Gasteiger charge is 2.22. The molecule has 0 aliphatic heterocycles. The van der Waals surface area contributed by atoms with E-state index in [2.05, 4.69) is 96.0 Å². The second-order valence-corrected chi connectivity index (χ2v) is 11.1. The molecule has 3 aromatic rings. The number of anilines is 2. The zero-order chi connectivity index (χ0) is 29.1. The van der Waals surface area contributed by atoms with Crippen molar-refractivity contribution in [3.63, 3.8) is 0 Å². The van der Waals surface area contributed by atoms with Gasteiger partial charge in [-0.1, -0.05) is 75.3 Å². The molecule has 0 saturated carbocycles. The first-order chi connectivity index (χ1) is 19.1. The first kappa shape index (κ1) is 29.1. The maximum atomic E-state index is 6.50. The number of aryl methyl sites for hydroxylation is 2. The fourth-order valence-corrected chi connectivity index (χ4v) is 5.77. The minimum atomic E-state index is 0.206. The summed E-state index contributed by atoms with van der Waals surface area (Å²) in [5, 5.41) is 4.27. The van der Waals surface area contributed by atoms with Gasteiger partial charge < -0.3 is 15.8 Å². The second-order valence-electron chi connectivity index (χ2n) is 11.1. The summed E-state index contributed by atoms with van der Waals surface area (Å²) in [6.07, 6.45) is 8.63. The van der Waals surface area contributed by atoms with Crippen LogP contribution < -0.4 is 11.1 Å². The van der Waals surface area contributed by atoms with Gasteiger partial charge in [0.2, 0.25) is 5.95 Å². The van der Waals surface area contributed by atoms with Crippen molar-refractivity contribution in [2.24, 2.45) is 5.92 Å². The van der Waals surface area contributed by atoms with Crippen molar-refractivity contribution in [1.29, 1.82) is 0 Å². The van der Waals surface area contributed by atoms with E-state index in [0.717, 1.165) is 40.8 Å². The molecule has 0 fully saturated rings. The predicted molar refractivity (Wildman–Crippen MR) is 170 cm³/mol. The third-order valence-corrected chi connectivity index (χ3v) is 8.10. The van der Waals surface area contributed by atoms with Gasteiger partial charge in [0, 0.05) is 28.6 Å². The van der Waals surface area contributed by atoms with Gasteiger partial charge in [0.15, 0.2) is 0 Å². The number of nitrogen functional groups attached to an aromatic ring is 1. The largest absolute Gasteiger partial charge is 0.496 e. The summed E-state index contributed by atoms with van der Waals surface area (Å²) in [5.74, 6) is 2.37. The van der Waals surface area contributed by atoms with Crippen molar-refractivity contribution in [1.82, 2.24) is 9.97 Å². The van der Waals surface area contributed by atoms with Crippen LogP contribution in [0.25, 0.3) is 22.0 Å². The zero-order valence-corrected chi connectivity index (χ0v) is 25.6. The minimum absolute atomic E-state index is 0.206. The molecule has 5 heteroatoms. The van der Waals surface area contributed by atoms with Gasteiger partial charge in [0.1, 0.15) is 11.6 Å². The molecular formula is C35H44N4O. The monoisotopic (exact) mass is 536 g/mol. The number of allylic oxidation sites excluding steroid dienone is 6. The van der Waals surface area contributed by atoms with Crippen LogP contribution in [0.1, 0.15) is 77.0 Å². The molecule has 210 valence electrons. The van der Waals surface area contributed by atoms with E-state index in [-0.39, 0.29) is 5.92 Å². The summed E-state index contributed by atoms with van der Waals surface area (Å²) in [7, 11) is 1.72. The Bertz CT molecular complexity index is 1530. The van der Waals surface area contributed by atoms with Crippen LogP contribution in [0.3, 0.4) is 0 Å². The van der Waals surface area contributed by atoms with E-state index in [4.69, 9.17) is 15.5 Å². The van der Waals surface area contributed by atoms with Crippen LogP contribution in [0.15, 0.2) is 76.7 Å². The van der Waals surface area contributed by atoms with E-state index in [1.807, 2.05) is 18.2 Å². The van der Waals surface area contributed by atoms with E-state index >= 15 is 0 Å². The number of nitrogens with two attached hydrogens (primary N) is 1.